The van der Waals surface area contributed by atoms with Gasteiger partial charge < -0.3 is 10.1 Å². The third-order valence-electron chi connectivity index (χ3n) is 4.50. The minimum absolute atomic E-state index is 0.190. The van der Waals surface area contributed by atoms with Gasteiger partial charge in [0.2, 0.25) is 0 Å². The second kappa shape index (κ2) is 7.84. The van der Waals surface area contributed by atoms with Crippen molar-refractivity contribution in [1.82, 2.24) is 20.3 Å². The number of ether oxygens (including phenoxy) is 1. The summed E-state index contributed by atoms with van der Waals surface area (Å²) in [5.41, 5.74) is 3.84. The lowest BCUT2D eigenvalue weighted by Gasteiger charge is -2.20. The maximum atomic E-state index is 13.0. The summed E-state index contributed by atoms with van der Waals surface area (Å²) >= 11 is 0. The summed E-state index contributed by atoms with van der Waals surface area (Å²) in [7, 11) is 1.62. The van der Waals surface area contributed by atoms with E-state index in [1.54, 1.807) is 50.1 Å². The standard InChI is InChI=1S/C22H18N4O2/c1-28-18-5-2-15(3-6-18)21(16-8-10-23-11-9-16)26-22(27)17-4-7-19-20(14-17)25-13-12-24-19/h2-14,21H,1H3,(H,26,27)/t21-/m1/s1. The van der Waals surface area contributed by atoms with Crippen molar-refractivity contribution >= 4 is 16.9 Å². The second-order valence-electron chi connectivity index (χ2n) is 6.22. The van der Waals surface area contributed by atoms with Crippen LogP contribution in [0.4, 0.5) is 0 Å². The molecule has 2 heterocycles. The summed E-state index contributed by atoms with van der Waals surface area (Å²) in [4.78, 5) is 25.6. The molecule has 2 aromatic heterocycles. The number of hydrogen-bond acceptors (Lipinski definition) is 5. The molecule has 4 aromatic rings. The largest absolute Gasteiger partial charge is 0.497 e. The quantitative estimate of drug-likeness (QED) is 0.581. The molecule has 0 aliphatic heterocycles. The molecule has 2 aromatic carbocycles. The van der Waals surface area contributed by atoms with Gasteiger partial charge in [-0.2, -0.15) is 0 Å². The Bertz CT molecular complexity index is 1100. The van der Waals surface area contributed by atoms with E-state index in [0.717, 1.165) is 22.4 Å². The van der Waals surface area contributed by atoms with E-state index in [2.05, 4.69) is 20.3 Å². The molecule has 0 radical (unpaired) electrons. The molecule has 0 aliphatic carbocycles. The number of carbonyl (C=O) groups excluding carboxylic acids is 1. The molecule has 6 heteroatoms. The highest BCUT2D eigenvalue weighted by Gasteiger charge is 2.18. The predicted molar refractivity (Wildman–Crippen MR) is 106 cm³/mol. The summed E-state index contributed by atoms with van der Waals surface area (Å²) in [5.74, 6) is 0.571. The van der Waals surface area contributed by atoms with Gasteiger partial charge in [-0.15, -0.1) is 0 Å². The maximum Gasteiger partial charge on any atom is 0.252 e. The number of nitrogens with zero attached hydrogens (tertiary/aromatic N) is 3. The topological polar surface area (TPSA) is 77.0 Å². The van der Waals surface area contributed by atoms with Crippen molar-refractivity contribution in [3.63, 3.8) is 0 Å². The van der Waals surface area contributed by atoms with Crippen molar-refractivity contribution in [2.75, 3.05) is 7.11 Å². The van der Waals surface area contributed by atoms with Crippen molar-refractivity contribution in [3.05, 3.63) is 96.1 Å². The molecule has 1 N–H and O–H groups in total. The van der Waals surface area contributed by atoms with Gasteiger partial charge in [-0.05, 0) is 53.6 Å². The third kappa shape index (κ3) is 3.66. The summed E-state index contributed by atoms with van der Waals surface area (Å²) in [6.45, 7) is 0. The zero-order valence-corrected chi connectivity index (χ0v) is 15.2. The average Bonchev–Trinajstić information content (AvgIpc) is 2.77. The number of nitrogens with one attached hydrogen (secondary N) is 1. The van der Waals surface area contributed by atoms with Crippen LogP contribution in [-0.2, 0) is 0 Å². The van der Waals surface area contributed by atoms with Gasteiger partial charge in [0.25, 0.3) is 5.91 Å². The van der Waals surface area contributed by atoms with Crippen LogP contribution in [-0.4, -0.2) is 28.0 Å². The predicted octanol–water partition coefficient (Wildman–Crippen LogP) is 3.55. The third-order valence-corrected chi connectivity index (χ3v) is 4.50. The molecule has 0 aliphatic rings. The number of rotatable bonds is 5. The zero-order chi connectivity index (χ0) is 19.3. The lowest BCUT2D eigenvalue weighted by atomic mass is 9.99. The fourth-order valence-electron chi connectivity index (χ4n) is 3.03. The van der Waals surface area contributed by atoms with E-state index in [4.69, 9.17) is 4.74 Å². The van der Waals surface area contributed by atoms with Crippen LogP contribution in [0.3, 0.4) is 0 Å². The monoisotopic (exact) mass is 370 g/mol. The first-order valence-electron chi connectivity index (χ1n) is 8.80. The fraction of sp³-hybridized carbons (Fsp3) is 0.0909. The number of benzene rings is 2. The summed E-state index contributed by atoms with van der Waals surface area (Å²) in [6, 6.07) is 16.4. The van der Waals surface area contributed by atoms with Crippen molar-refractivity contribution < 1.29 is 9.53 Å². The van der Waals surface area contributed by atoms with E-state index >= 15 is 0 Å². The Morgan fingerprint density at radius 3 is 2.25 bits per heavy atom. The molecule has 1 atom stereocenters. The van der Waals surface area contributed by atoms with Gasteiger partial charge in [-0.25, -0.2) is 0 Å². The number of fused-ring (bicyclic) bond motifs is 1. The molecule has 1 amide bonds. The summed E-state index contributed by atoms with van der Waals surface area (Å²) in [6.07, 6.45) is 6.67. The molecule has 138 valence electrons. The Kier molecular flexibility index (Phi) is 4.93. The summed E-state index contributed by atoms with van der Waals surface area (Å²) in [5, 5.41) is 3.11. The first-order chi connectivity index (χ1) is 13.7. The van der Waals surface area contributed by atoms with Crippen molar-refractivity contribution in [3.8, 4) is 5.75 Å². The fourth-order valence-corrected chi connectivity index (χ4v) is 3.03. The van der Waals surface area contributed by atoms with Gasteiger partial charge in [0.05, 0.1) is 24.2 Å². The van der Waals surface area contributed by atoms with Crippen LogP contribution < -0.4 is 10.1 Å². The second-order valence-corrected chi connectivity index (χ2v) is 6.22. The van der Waals surface area contributed by atoms with Crippen LogP contribution in [0.5, 0.6) is 5.75 Å². The Morgan fingerprint density at radius 1 is 0.857 bits per heavy atom. The number of amides is 1. The number of carbonyl (C=O) groups is 1. The van der Waals surface area contributed by atoms with Crippen LogP contribution in [0.25, 0.3) is 11.0 Å². The normalized spacial score (nSPS) is 11.8. The highest BCUT2D eigenvalue weighted by Crippen LogP contribution is 2.24. The SMILES string of the molecule is COc1ccc([C@@H](NC(=O)c2ccc3nccnc3c2)c2ccncc2)cc1. The molecule has 4 rings (SSSR count). The molecule has 0 saturated heterocycles. The Labute approximate surface area is 162 Å². The first kappa shape index (κ1) is 17.6. The van der Waals surface area contributed by atoms with E-state index in [1.807, 2.05) is 36.4 Å². The number of hydrogen-bond donors (Lipinski definition) is 1. The minimum Gasteiger partial charge on any atom is -0.497 e. The number of aromatic nitrogens is 3. The lowest BCUT2D eigenvalue weighted by Crippen LogP contribution is -2.29. The van der Waals surface area contributed by atoms with E-state index in [9.17, 15) is 4.79 Å². The molecule has 28 heavy (non-hydrogen) atoms. The van der Waals surface area contributed by atoms with Crippen molar-refractivity contribution in [1.29, 1.82) is 0 Å². The van der Waals surface area contributed by atoms with Gasteiger partial charge in [-0.3, -0.25) is 19.7 Å². The van der Waals surface area contributed by atoms with E-state index in [1.165, 1.54) is 0 Å². The van der Waals surface area contributed by atoms with Gasteiger partial charge in [-0.1, -0.05) is 12.1 Å². The molecule has 0 spiro atoms. The lowest BCUT2D eigenvalue weighted by molar-refractivity contribution is 0.0943. The molecular formula is C22H18N4O2. The zero-order valence-electron chi connectivity index (χ0n) is 15.2. The van der Waals surface area contributed by atoms with Crippen LogP contribution in [0.2, 0.25) is 0 Å². The smallest absolute Gasteiger partial charge is 0.252 e. The molecule has 0 unspecified atom stereocenters. The molecular weight excluding hydrogens is 352 g/mol. The first-order valence-corrected chi connectivity index (χ1v) is 8.80. The molecule has 6 nitrogen and oxygen atoms in total. The molecule has 0 saturated carbocycles. The van der Waals surface area contributed by atoms with Gasteiger partial charge in [0, 0.05) is 30.4 Å². The average molecular weight is 370 g/mol. The Morgan fingerprint density at radius 2 is 1.54 bits per heavy atom. The molecule has 0 bridgehead atoms. The van der Waals surface area contributed by atoms with Gasteiger partial charge >= 0.3 is 0 Å². The van der Waals surface area contributed by atoms with Gasteiger partial charge in [0.15, 0.2) is 0 Å². The van der Waals surface area contributed by atoms with E-state index < -0.39 is 0 Å². The Balaban J connectivity index is 1.66. The minimum atomic E-state index is -0.320. The van der Waals surface area contributed by atoms with Crippen LogP contribution in [0.15, 0.2) is 79.4 Å². The highest BCUT2D eigenvalue weighted by atomic mass is 16.5. The van der Waals surface area contributed by atoms with E-state index in [0.29, 0.717) is 11.1 Å². The number of methoxy groups -OCH3 is 1. The maximum absolute atomic E-state index is 13.0. The highest BCUT2D eigenvalue weighted by molar-refractivity contribution is 5.97. The van der Waals surface area contributed by atoms with Crippen LogP contribution >= 0.6 is 0 Å². The van der Waals surface area contributed by atoms with Crippen molar-refractivity contribution in [2.45, 2.75) is 6.04 Å². The van der Waals surface area contributed by atoms with E-state index in [-0.39, 0.29) is 11.9 Å². The van der Waals surface area contributed by atoms with Crippen LogP contribution in [0, 0.1) is 0 Å². The Hall–Kier alpha value is -3.80. The van der Waals surface area contributed by atoms with Crippen molar-refractivity contribution in [2.24, 2.45) is 0 Å². The van der Waals surface area contributed by atoms with Crippen LogP contribution in [0.1, 0.15) is 27.5 Å². The molecule has 0 fully saturated rings. The number of pyridine rings is 1. The summed E-state index contributed by atoms with van der Waals surface area (Å²) < 4.78 is 5.24. The van der Waals surface area contributed by atoms with Gasteiger partial charge in [0.1, 0.15) is 5.75 Å².